The number of benzene rings is 2. The fourth-order valence-corrected chi connectivity index (χ4v) is 3.91. The monoisotopic (exact) mass is 352 g/mol. The molecule has 3 rings (SSSR count). The van der Waals surface area contributed by atoms with Crippen LogP contribution in [0.3, 0.4) is 0 Å². The molecule has 0 heterocycles. The van der Waals surface area contributed by atoms with Crippen LogP contribution >= 0.6 is 0 Å². The summed E-state index contributed by atoms with van der Waals surface area (Å²) >= 11 is 0. The van der Waals surface area contributed by atoms with Gasteiger partial charge in [-0.05, 0) is 65.3 Å². The van der Waals surface area contributed by atoms with Crippen molar-refractivity contribution in [1.29, 1.82) is 0 Å². The minimum absolute atomic E-state index is 0.683. The number of carbonyl (C=O) groups is 1. The molecule has 0 bridgehead atoms. The van der Waals surface area contributed by atoms with Crippen LogP contribution in [0.15, 0.2) is 42.5 Å². The molecule has 26 heavy (non-hydrogen) atoms. The summed E-state index contributed by atoms with van der Waals surface area (Å²) in [6, 6.07) is 12.1. The predicted octanol–water partition coefficient (Wildman–Crippen LogP) is 5.92. The number of carboxylic acid groups (broad SMARTS) is 1. The van der Waals surface area contributed by atoms with Crippen LogP contribution in [-0.4, -0.2) is 17.7 Å². The van der Waals surface area contributed by atoms with Crippen molar-refractivity contribution in [3.63, 3.8) is 0 Å². The molecule has 0 saturated heterocycles. The van der Waals surface area contributed by atoms with Crippen LogP contribution in [0.4, 0.5) is 0 Å². The Labute approximate surface area is 155 Å². The largest absolute Gasteiger partial charge is 0.493 e. The predicted molar refractivity (Wildman–Crippen MR) is 106 cm³/mol. The SMILES string of the molecule is CCC[C@H]1CC[C@H](COc2ccc3cc(/C=C/C(=O)O)ccc3c2)CC1. The highest BCUT2D eigenvalue weighted by molar-refractivity contribution is 5.89. The van der Waals surface area contributed by atoms with E-state index in [1.807, 2.05) is 30.3 Å². The van der Waals surface area contributed by atoms with Gasteiger partial charge in [0.15, 0.2) is 0 Å². The molecule has 0 unspecified atom stereocenters. The molecule has 2 aromatic carbocycles. The van der Waals surface area contributed by atoms with Crippen LogP contribution in [0.1, 0.15) is 51.0 Å². The number of carboxylic acids is 1. The first-order valence-corrected chi connectivity index (χ1v) is 9.71. The third kappa shape index (κ3) is 5.10. The Morgan fingerprint density at radius 3 is 2.50 bits per heavy atom. The average Bonchev–Trinajstić information content (AvgIpc) is 2.66. The molecule has 0 aliphatic heterocycles. The molecule has 3 heteroatoms. The summed E-state index contributed by atoms with van der Waals surface area (Å²) in [6.45, 7) is 3.09. The normalized spacial score (nSPS) is 20.5. The maximum Gasteiger partial charge on any atom is 0.328 e. The Kier molecular flexibility index (Phi) is 6.32. The van der Waals surface area contributed by atoms with Crippen molar-refractivity contribution in [2.75, 3.05) is 6.61 Å². The second-order valence-electron chi connectivity index (χ2n) is 7.43. The zero-order valence-corrected chi connectivity index (χ0v) is 15.5. The lowest BCUT2D eigenvalue weighted by atomic mass is 9.80. The molecule has 1 aliphatic rings. The number of hydrogen-bond donors (Lipinski definition) is 1. The molecule has 0 atom stereocenters. The number of fused-ring (bicyclic) bond motifs is 1. The van der Waals surface area contributed by atoms with E-state index in [9.17, 15) is 4.79 Å². The lowest BCUT2D eigenvalue weighted by Gasteiger charge is -2.28. The van der Waals surface area contributed by atoms with Crippen LogP contribution in [0.5, 0.6) is 5.75 Å². The van der Waals surface area contributed by atoms with Crippen LogP contribution in [0.2, 0.25) is 0 Å². The van der Waals surface area contributed by atoms with Gasteiger partial charge >= 0.3 is 5.97 Å². The van der Waals surface area contributed by atoms with Crippen LogP contribution < -0.4 is 4.74 Å². The molecular formula is C23H28O3. The zero-order valence-electron chi connectivity index (χ0n) is 15.5. The summed E-state index contributed by atoms with van der Waals surface area (Å²) in [4.78, 5) is 10.6. The number of ether oxygens (including phenoxy) is 1. The van der Waals surface area contributed by atoms with Gasteiger partial charge in [-0.15, -0.1) is 0 Å². The Balaban J connectivity index is 1.57. The van der Waals surface area contributed by atoms with Gasteiger partial charge in [0.2, 0.25) is 0 Å². The van der Waals surface area contributed by atoms with Gasteiger partial charge in [-0.25, -0.2) is 4.79 Å². The van der Waals surface area contributed by atoms with Crippen molar-refractivity contribution in [2.45, 2.75) is 45.4 Å². The van der Waals surface area contributed by atoms with Gasteiger partial charge in [0, 0.05) is 6.08 Å². The highest BCUT2D eigenvalue weighted by Crippen LogP contribution is 2.32. The maximum absolute atomic E-state index is 10.6. The van der Waals surface area contributed by atoms with E-state index in [-0.39, 0.29) is 0 Å². The van der Waals surface area contributed by atoms with Crippen molar-refractivity contribution in [2.24, 2.45) is 11.8 Å². The number of aliphatic carboxylic acids is 1. The third-order valence-electron chi connectivity index (χ3n) is 5.40. The molecule has 1 saturated carbocycles. The van der Waals surface area contributed by atoms with Crippen molar-refractivity contribution in [3.8, 4) is 5.75 Å². The molecular weight excluding hydrogens is 324 g/mol. The maximum atomic E-state index is 10.6. The van der Waals surface area contributed by atoms with E-state index in [1.54, 1.807) is 6.08 Å². The fourth-order valence-electron chi connectivity index (χ4n) is 3.91. The Morgan fingerprint density at radius 1 is 1.08 bits per heavy atom. The quantitative estimate of drug-likeness (QED) is 0.629. The van der Waals surface area contributed by atoms with E-state index in [2.05, 4.69) is 13.0 Å². The van der Waals surface area contributed by atoms with Crippen LogP contribution in [0, 0.1) is 11.8 Å². The minimum Gasteiger partial charge on any atom is -0.493 e. The minimum atomic E-state index is -0.933. The van der Waals surface area contributed by atoms with Gasteiger partial charge in [-0.2, -0.15) is 0 Å². The van der Waals surface area contributed by atoms with E-state index in [4.69, 9.17) is 9.84 Å². The van der Waals surface area contributed by atoms with E-state index in [0.29, 0.717) is 5.92 Å². The van der Waals surface area contributed by atoms with Gasteiger partial charge in [-0.3, -0.25) is 0 Å². The molecule has 3 nitrogen and oxygen atoms in total. The Morgan fingerprint density at radius 2 is 1.77 bits per heavy atom. The van der Waals surface area contributed by atoms with Crippen molar-refractivity contribution in [3.05, 3.63) is 48.0 Å². The molecule has 1 aliphatic carbocycles. The second kappa shape index (κ2) is 8.88. The number of rotatable bonds is 7. The van der Waals surface area contributed by atoms with Crippen LogP contribution in [0.25, 0.3) is 16.8 Å². The van der Waals surface area contributed by atoms with E-state index in [0.717, 1.165) is 40.7 Å². The molecule has 0 radical (unpaired) electrons. The Hall–Kier alpha value is -2.29. The highest BCUT2D eigenvalue weighted by atomic mass is 16.5. The summed E-state index contributed by atoms with van der Waals surface area (Å²) in [5.74, 6) is 1.60. The zero-order chi connectivity index (χ0) is 18.4. The van der Waals surface area contributed by atoms with E-state index in [1.165, 1.54) is 38.5 Å². The first-order valence-electron chi connectivity index (χ1n) is 9.71. The molecule has 0 aromatic heterocycles. The summed E-state index contributed by atoms with van der Waals surface area (Å²) < 4.78 is 6.07. The van der Waals surface area contributed by atoms with E-state index < -0.39 is 5.97 Å². The lowest BCUT2D eigenvalue weighted by Crippen LogP contribution is -2.20. The Bertz CT molecular complexity index is 770. The smallest absolute Gasteiger partial charge is 0.328 e. The topological polar surface area (TPSA) is 46.5 Å². The molecule has 2 aromatic rings. The standard InChI is InChI=1S/C23H28O3/c1-2-3-17-4-6-19(7-5-17)16-26-22-12-11-20-14-18(9-13-23(24)25)8-10-21(20)15-22/h8-15,17,19H,2-7,16H2,1H3,(H,24,25)/b13-9+/t17-,19-. The van der Waals surface area contributed by atoms with Crippen molar-refractivity contribution < 1.29 is 14.6 Å². The first-order chi connectivity index (χ1) is 12.6. The van der Waals surface area contributed by atoms with Crippen LogP contribution in [-0.2, 0) is 4.79 Å². The molecule has 138 valence electrons. The van der Waals surface area contributed by atoms with Gasteiger partial charge in [0.25, 0.3) is 0 Å². The molecule has 1 N–H and O–H groups in total. The van der Waals surface area contributed by atoms with Gasteiger partial charge in [-0.1, -0.05) is 50.8 Å². The second-order valence-corrected chi connectivity index (χ2v) is 7.43. The molecule has 0 spiro atoms. The summed E-state index contributed by atoms with van der Waals surface area (Å²) in [5, 5.41) is 10.9. The first kappa shape index (κ1) is 18.5. The van der Waals surface area contributed by atoms with Crippen molar-refractivity contribution in [1.82, 2.24) is 0 Å². The van der Waals surface area contributed by atoms with E-state index >= 15 is 0 Å². The summed E-state index contributed by atoms with van der Waals surface area (Å²) in [7, 11) is 0. The van der Waals surface area contributed by atoms with Gasteiger partial charge in [0.05, 0.1) is 6.61 Å². The third-order valence-corrected chi connectivity index (χ3v) is 5.40. The summed E-state index contributed by atoms with van der Waals surface area (Å²) in [5.41, 5.74) is 0.886. The van der Waals surface area contributed by atoms with Gasteiger partial charge in [0.1, 0.15) is 5.75 Å². The molecule has 1 fully saturated rings. The average molecular weight is 352 g/mol. The fraction of sp³-hybridized carbons (Fsp3) is 0.435. The lowest BCUT2D eigenvalue weighted by molar-refractivity contribution is -0.131. The highest BCUT2D eigenvalue weighted by Gasteiger charge is 2.20. The van der Waals surface area contributed by atoms with Gasteiger partial charge < -0.3 is 9.84 Å². The molecule has 0 amide bonds. The number of hydrogen-bond acceptors (Lipinski definition) is 2. The van der Waals surface area contributed by atoms with Crippen molar-refractivity contribution >= 4 is 22.8 Å². The summed E-state index contributed by atoms with van der Waals surface area (Å²) in [6.07, 6.45) is 10.7.